The lowest BCUT2D eigenvalue weighted by Gasteiger charge is -2.20. The summed E-state index contributed by atoms with van der Waals surface area (Å²) in [6, 6.07) is 6.47. The van der Waals surface area contributed by atoms with Crippen molar-refractivity contribution < 1.29 is 4.74 Å². The highest BCUT2D eigenvalue weighted by Gasteiger charge is 2.12. The van der Waals surface area contributed by atoms with E-state index >= 15 is 0 Å². The van der Waals surface area contributed by atoms with E-state index in [1.165, 1.54) is 0 Å². The Balaban J connectivity index is 2.48. The van der Waals surface area contributed by atoms with E-state index in [0.29, 0.717) is 12.6 Å². The standard InChI is InChI=1S/C14H21N3OS/c1-5-18-12-8-6-7-11-13(12)15-14(19)17(11)9-10(2)16(3)4/h6-8,10H,5,9H2,1-4H3,(H,15,19). The predicted molar refractivity (Wildman–Crippen MR) is 81.4 cm³/mol. The molecule has 0 aliphatic heterocycles. The van der Waals surface area contributed by atoms with Gasteiger partial charge in [-0.3, -0.25) is 0 Å². The highest BCUT2D eigenvalue weighted by atomic mass is 32.1. The van der Waals surface area contributed by atoms with Crippen molar-refractivity contribution in [3.05, 3.63) is 23.0 Å². The Bertz CT molecular complexity index is 615. The molecular weight excluding hydrogens is 258 g/mol. The van der Waals surface area contributed by atoms with Gasteiger partial charge < -0.3 is 19.2 Å². The normalized spacial score (nSPS) is 13.1. The van der Waals surface area contributed by atoms with Gasteiger partial charge in [-0.15, -0.1) is 0 Å². The molecule has 1 unspecified atom stereocenters. The lowest BCUT2D eigenvalue weighted by atomic mass is 10.2. The van der Waals surface area contributed by atoms with Crippen LogP contribution in [0.25, 0.3) is 11.0 Å². The van der Waals surface area contributed by atoms with Crippen LogP contribution in [-0.4, -0.2) is 41.2 Å². The third kappa shape index (κ3) is 2.82. The molecule has 1 atom stereocenters. The first kappa shape index (κ1) is 14.1. The summed E-state index contributed by atoms with van der Waals surface area (Å²) in [7, 11) is 4.16. The zero-order chi connectivity index (χ0) is 14.0. The number of aromatic nitrogens is 2. The summed E-state index contributed by atoms with van der Waals surface area (Å²) in [6.07, 6.45) is 0. The summed E-state index contributed by atoms with van der Waals surface area (Å²) in [5.41, 5.74) is 2.09. The van der Waals surface area contributed by atoms with Crippen LogP contribution in [0, 0.1) is 4.77 Å². The van der Waals surface area contributed by atoms with Gasteiger partial charge in [-0.2, -0.15) is 0 Å². The molecule has 19 heavy (non-hydrogen) atoms. The second kappa shape index (κ2) is 5.75. The molecular formula is C14H21N3OS. The minimum Gasteiger partial charge on any atom is -0.492 e. The molecule has 0 saturated carbocycles. The number of hydrogen-bond acceptors (Lipinski definition) is 3. The van der Waals surface area contributed by atoms with Crippen molar-refractivity contribution in [3.8, 4) is 5.75 Å². The highest BCUT2D eigenvalue weighted by Crippen LogP contribution is 2.25. The smallest absolute Gasteiger partial charge is 0.178 e. The fourth-order valence-corrected chi connectivity index (χ4v) is 2.31. The van der Waals surface area contributed by atoms with Crippen LogP contribution in [0.15, 0.2) is 18.2 Å². The summed E-state index contributed by atoms with van der Waals surface area (Å²) >= 11 is 5.43. The highest BCUT2D eigenvalue weighted by molar-refractivity contribution is 7.71. The van der Waals surface area contributed by atoms with Gasteiger partial charge in [-0.05, 0) is 52.3 Å². The molecule has 0 spiro atoms. The number of nitrogens with zero attached hydrogens (tertiary/aromatic N) is 2. The van der Waals surface area contributed by atoms with Crippen molar-refractivity contribution in [3.63, 3.8) is 0 Å². The molecule has 1 aromatic heterocycles. The molecule has 2 aromatic rings. The number of rotatable bonds is 5. The molecule has 0 aliphatic rings. The molecule has 0 radical (unpaired) electrons. The average Bonchev–Trinajstić information content (AvgIpc) is 2.68. The molecule has 0 bridgehead atoms. The predicted octanol–water partition coefficient (Wildman–Crippen LogP) is 3.05. The Morgan fingerprint density at radius 1 is 1.42 bits per heavy atom. The molecule has 0 aliphatic carbocycles. The van der Waals surface area contributed by atoms with Crippen molar-refractivity contribution in [1.29, 1.82) is 0 Å². The van der Waals surface area contributed by atoms with E-state index < -0.39 is 0 Å². The Morgan fingerprint density at radius 3 is 2.79 bits per heavy atom. The maximum Gasteiger partial charge on any atom is 0.178 e. The van der Waals surface area contributed by atoms with Crippen molar-refractivity contribution >= 4 is 23.3 Å². The van der Waals surface area contributed by atoms with Crippen molar-refractivity contribution in [2.45, 2.75) is 26.4 Å². The lowest BCUT2D eigenvalue weighted by Crippen LogP contribution is -2.29. The lowest BCUT2D eigenvalue weighted by molar-refractivity contribution is 0.285. The number of fused-ring (bicyclic) bond motifs is 1. The molecule has 2 rings (SSSR count). The van der Waals surface area contributed by atoms with Gasteiger partial charge in [-0.25, -0.2) is 0 Å². The van der Waals surface area contributed by atoms with Crippen molar-refractivity contribution in [1.82, 2.24) is 14.5 Å². The van der Waals surface area contributed by atoms with Gasteiger partial charge in [0, 0.05) is 12.6 Å². The van der Waals surface area contributed by atoms with E-state index in [-0.39, 0.29) is 0 Å². The van der Waals surface area contributed by atoms with Gasteiger partial charge >= 0.3 is 0 Å². The molecule has 0 saturated heterocycles. The average molecular weight is 279 g/mol. The maximum absolute atomic E-state index is 5.64. The third-order valence-electron chi connectivity index (χ3n) is 3.40. The molecule has 1 heterocycles. The summed E-state index contributed by atoms with van der Waals surface area (Å²) in [5.74, 6) is 0.863. The van der Waals surface area contributed by atoms with Crippen molar-refractivity contribution in [2.24, 2.45) is 0 Å². The summed E-state index contributed by atoms with van der Waals surface area (Å²) in [5, 5.41) is 0. The van der Waals surface area contributed by atoms with E-state index in [0.717, 1.165) is 28.1 Å². The van der Waals surface area contributed by atoms with Gasteiger partial charge in [0.1, 0.15) is 11.3 Å². The fourth-order valence-electron chi connectivity index (χ4n) is 2.04. The van der Waals surface area contributed by atoms with E-state index in [2.05, 4.69) is 41.5 Å². The fraction of sp³-hybridized carbons (Fsp3) is 0.500. The van der Waals surface area contributed by atoms with Crippen LogP contribution in [0.4, 0.5) is 0 Å². The van der Waals surface area contributed by atoms with Gasteiger partial charge in [0.2, 0.25) is 0 Å². The number of para-hydroxylation sites is 1. The van der Waals surface area contributed by atoms with Crippen LogP contribution in [0.3, 0.4) is 0 Å². The first-order valence-electron chi connectivity index (χ1n) is 6.55. The van der Waals surface area contributed by atoms with Crippen molar-refractivity contribution in [2.75, 3.05) is 20.7 Å². The van der Waals surface area contributed by atoms with Crippen LogP contribution >= 0.6 is 12.2 Å². The molecule has 0 fully saturated rings. The number of likely N-dealkylation sites (N-methyl/N-ethyl adjacent to an activating group) is 1. The van der Waals surface area contributed by atoms with E-state index in [9.17, 15) is 0 Å². The first-order valence-corrected chi connectivity index (χ1v) is 6.96. The monoisotopic (exact) mass is 279 g/mol. The summed E-state index contributed by atoms with van der Waals surface area (Å²) in [4.78, 5) is 5.45. The second-order valence-corrected chi connectivity index (χ2v) is 5.32. The molecule has 4 nitrogen and oxygen atoms in total. The minimum atomic E-state index is 0.418. The van der Waals surface area contributed by atoms with Crippen LogP contribution in [0.2, 0.25) is 0 Å². The van der Waals surface area contributed by atoms with Crippen LogP contribution in [0.5, 0.6) is 5.75 Å². The number of imidazole rings is 1. The first-order chi connectivity index (χ1) is 9.04. The topological polar surface area (TPSA) is 33.2 Å². The van der Waals surface area contributed by atoms with Gasteiger partial charge in [0.15, 0.2) is 4.77 Å². The third-order valence-corrected chi connectivity index (χ3v) is 3.72. The van der Waals surface area contributed by atoms with E-state index in [1.807, 2.05) is 19.1 Å². The molecule has 5 heteroatoms. The number of H-pyrrole nitrogens is 1. The quantitative estimate of drug-likeness (QED) is 0.854. The Hall–Kier alpha value is -1.33. The largest absolute Gasteiger partial charge is 0.492 e. The van der Waals surface area contributed by atoms with E-state index in [1.54, 1.807) is 0 Å². The zero-order valence-corrected chi connectivity index (χ0v) is 12.8. The van der Waals surface area contributed by atoms with E-state index in [4.69, 9.17) is 17.0 Å². The number of benzene rings is 1. The summed E-state index contributed by atoms with van der Waals surface area (Å²) in [6.45, 7) is 5.69. The Morgan fingerprint density at radius 2 is 2.16 bits per heavy atom. The molecule has 1 aromatic carbocycles. The molecule has 1 N–H and O–H groups in total. The van der Waals surface area contributed by atoms with Gasteiger partial charge in [0.25, 0.3) is 0 Å². The SMILES string of the molecule is CCOc1cccc2c1[nH]c(=S)n2CC(C)N(C)C. The molecule has 0 amide bonds. The maximum atomic E-state index is 5.64. The number of hydrogen-bond donors (Lipinski definition) is 1. The zero-order valence-electron chi connectivity index (χ0n) is 11.9. The van der Waals surface area contributed by atoms with Crippen LogP contribution in [0.1, 0.15) is 13.8 Å². The van der Waals surface area contributed by atoms with Gasteiger partial charge in [-0.1, -0.05) is 6.07 Å². The second-order valence-electron chi connectivity index (χ2n) is 4.94. The van der Waals surface area contributed by atoms with Crippen LogP contribution < -0.4 is 4.74 Å². The van der Waals surface area contributed by atoms with Crippen LogP contribution in [-0.2, 0) is 6.54 Å². The molecule has 104 valence electrons. The number of nitrogens with one attached hydrogen (secondary N) is 1. The Labute approximate surface area is 119 Å². The number of aromatic amines is 1. The Kier molecular flexibility index (Phi) is 4.27. The van der Waals surface area contributed by atoms with Gasteiger partial charge in [0.05, 0.1) is 12.1 Å². The minimum absolute atomic E-state index is 0.418. The summed E-state index contributed by atoms with van der Waals surface area (Å²) < 4.78 is 8.52. The number of ether oxygens (including phenoxy) is 1.